The number of benzene rings is 2. The molecule has 0 saturated heterocycles. The highest BCUT2D eigenvalue weighted by molar-refractivity contribution is 5.86. The third kappa shape index (κ3) is 2.93. The lowest BCUT2D eigenvalue weighted by molar-refractivity contribution is 0.414. The molecule has 1 aliphatic heterocycles. The first-order chi connectivity index (χ1) is 13.3. The molecule has 4 heteroatoms. The molecule has 2 N–H and O–H groups in total. The van der Waals surface area contributed by atoms with Crippen molar-refractivity contribution in [2.24, 2.45) is 0 Å². The first kappa shape index (κ1) is 15.9. The highest BCUT2D eigenvalue weighted by Gasteiger charge is 2.24. The summed E-state index contributed by atoms with van der Waals surface area (Å²) in [6, 6.07) is 21.1. The standard InChI is InChI=1S/C23H21N3O/c1-27-19-7-4-5-15(10-19)9-17-13-24-23-20(17)11-18(14-25-23)22-12-16-6-2-3-8-21(16)26-22/h2-8,10-12,14,17,26H,9,13H2,1H3,(H,24,25). The third-order valence-electron chi connectivity index (χ3n) is 5.33. The summed E-state index contributed by atoms with van der Waals surface area (Å²) < 4.78 is 5.36. The first-order valence-electron chi connectivity index (χ1n) is 9.25. The smallest absolute Gasteiger partial charge is 0.129 e. The minimum Gasteiger partial charge on any atom is -0.497 e. The highest BCUT2D eigenvalue weighted by atomic mass is 16.5. The van der Waals surface area contributed by atoms with E-state index in [0.717, 1.165) is 41.3 Å². The number of para-hydroxylation sites is 1. The van der Waals surface area contributed by atoms with Crippen LogP contribution in [0.3, 0.4) is 0 Å². The number of aromatic nitrogens is 2. The second-order valence-electron chi connectivity index (χ2n) is 7.07. The molecule has 4 aromatic rings. The van der Waals surface area contributed by atoms with Crippen LogP contribution < -0.4 is 10.1 Å². The molecule has 2 aromatic carbocycles. The van der Waals surface area contributed by atoms with Crippen LogP contribution in [0, 0.1) is 0 Å². The summed E-state index contributed by atoms with van der Waals surface area (Å²) in [7, 11) is 1.71. The van der Waals surface area contributed by atoms with E-state index in [1.54, 1.807) is 7.11 Å². The Morgan fingerprint density at radius 1 is 1.07 bits per heavy atom. The summed E-state index contributed by atoms with van der Waals surface area (Å²) >= 11 is 0. The fraction of sp³-hybridized carbons (Fsp3) is 0.174. The molecule has 1 aliphatic rings. The fourth-order valence-corrected chi connectivity index (χ4v) is 3.91. The van der Waals surface area contributed by atoms with Crippen LogP contribution in [-0.2, 0) is 6.42 Å². The van der Waals surface area contributed by atoms with Crippen molar-refractivity contribution < 1.29 is 4.74 Å². The summed E-state index contributed by atoms with van der Waals surface area (Å²) in [5.41, 5.74) is 5.96. The molecule has 3 heterocycles. The number of pyridine rings is 1. The predicted octanol–water partition coefficient (Wildman–Crippen LogP) is 4.99. The summed E-state index contributed by atoms with van der Waals surface area (Å²) in [6.07, 6.45) is 2.92. The van der Waals surface area contributed by atoms with Gasteiger partial charge in [0, 0.05) is 46.4 Å². The Bertz CT molecular complexity index is 1080. The first-order valence-corrected chi connectivity index (χ1v) is 9.25. The second kappa shape index (κ2) is 6.47. The average Bonchev–Trinajstić information content (AvgIpc) is 3.32. The van der Waals surface area contributed by atoms with Crippen LogP contribution in [0.2, 0.25) is 0 Å². The summed E-state index contributed by atoms with van der Waals surface area (Å²) in [6.45, 7) is 0.912. The molecular weight excluding hydrogens is 334 g/mol. The van der Waals surface area contributed by atoms with E-state index in [2.05, 4.69) is 69.9 Å². The van der Waals surface area contributed by atoms with Gasteiger partial charge in [0.2, 0.25) is 0 Å². The number of anilines is 1. The van der Waals surface area contributed by atoms with Gasteiger partial charge in [0.05, 0.1) is 7.11 Å². The molecule has 4 nitrogen and oxygen atoms in total. The van der Waals surface area contributed by atoms with Gasteiger partial charge in [-0.25, -0.2) is 4.98 Å². The number of hydrogen-bond acceptors (Lipinski definition) is 3. The molecule has 0 radical (unpaired) electrons. The molecule has 0 bridgehead atoms. The van der Waals surface area contributed by atoms with Gasteiger partial charge in [0.1, 0.15) is 11.6 Å². The van der Waals surface area contributed by atoms with E-state index in [1.165, 1.54) is 16.5 Å². The number of H-pyrrole nitrogens is 1. The lowest BCUT2D eigenvalue weighted by atomic mass is 9.93. The lowest BCUT2D eigenvalue weighted by Crippen LogP contribution is -2.05. The van der Waals surface area contributed by atoms with Crippen molar-refractivity contribution in [3.8, 4) is 17.0 Å². The van der Waals surface area contributed by atoms with Gasteiger partial charge in [-0.3, -0.25) is 0 Å². The SMILES string of the molecule is COc1cccc(CC2CNc3ncc(-c4cc5ccccc5[nH]4)cc32)c1. The number of nitrogens with zero attached hydrogens (tertiary/aromatic N) is 1. The minimum atomic E-state index is 0.406. The number of fused-ring (bicyclic) bond motifs is 2. The maximum absolute atomic E-state index is 5.36. The highest BCUT2D eigenvalue weighted by Crippen LogP contribution is 2.36. The molecule has 134 valence electrons. The van der Waals surface area contributed by atoms with Crippen LogP contribution in [-0.4, -0.2) is 23.6 Å². The zero-order chi connectivity index (χ0) is 18.2. The molecule has 0 amide bonds. The van der Waals surface area contributed by atoms with E-state index in [9.17, 15) is 0 Å². The normalized spacial score (nSPS) is 15.5. The van der Waals surface area contributed by atoms with Crippen molar-refractivity contribution in [2.45, 2.75) is 12.3 Å². The van der Waals surface area contributed by atoms with Crippen LogP contribution in [0.25, 0.3) is 22.2 Å². The monoisotopic (exact) mass is 355 g/mol. The van der Waals surface area contributed by atoms with Gasteiger partial charge in [-0.05, 0) is 42.3 Å². The Morgan fingerprint density at radius 3 is 2.89 bits per heavy atom. The van der Waals surface area contributed by atoms with E-state index >= 15 is 0 Å². The topological polar surface area (TPSA) is 49.9 Å². The van der Waals surface area contributed by atoms with Crippen molar-refractivity contribution in [1.29, 1.82) is 0 Å². The Hall–Kier alpha value is -3.27. The van der Waals surface area contributed by atoms with Gasteiger partial charge in [-0.2, -0.15) is 0 Å². The molecule has 2 aromatic heterocycles. The summed E-state index contributed by atoms with van der Waals surface area (Å²) in [4.78, 5) is 8.18. The lowest BCUT2D eigenvalue weighted by Gasteiger charge is -2.12. The average molecular weight is 355 g/mol. The number of methoxy groups -OCH3 is 1. The molecule has 0 fully saturated rings. The van der Waals surface area contributed by atoms with Crippen LogP contribution >= 0.6 is 0 Å². The minimum absolute atomic E-state index is 0.406. The van der Waals surface area contributed by atoms with E-state index in [-0.39, 0.29) is 0 Å². The molecule has 5 rings (SSSR count). The molecule has 0 saturated carbocycles. The summed E-state index contributed by atoms with van der Waals surface area (Å²) in [5, 5.41) is 4.67. The largest absolute Gasteiger partial charge is 0.497 e. The molecule has 1 unspecified atom stereocenters. The number of nitrogens with one attached hydrogen (secondary N) is 2. The Labute approximate surface area is 158 Å². The molecule has 1 atom stereocenters. The van der Waals surface area contributed by atoms with Crippen LogP contribution in [0.1, 0.15) is 17.0 Å². The second-order valence-corrected chi connectivity index (χ2v) is 7.07. The number of aromatic amines is 1. The van der Waals surface area contributed by atoms with Gasteiger partial charge >= 0.3 is 0 Å². The van der Waals surface area contributed by atoms with E-state index < -0.39 is 0 Å². The maximum Gasteiger partial charge on any atom is 0.129 e. The van der Waals surface area contributed by atoms with Gasteiger partial charge in [0.25, 0.3) is 0 Å². The molecule has 0 spiro atoms. The van der Waals surface area contributed by atoms with Crippen molar-refractivity contribution in [3.63, 3.8) is 0 Å². The zero-order valence-electron chi connectivity index (χ0n) is 15.2. The van der Waals surface area contributed by atoms with Crippen LogP contribution in [0.15, 0.2) is 66.9 Å². The van der Waals surface area contributed by atoms with E-state index in [1.807, 2.05) is 12.3 Å². The van der Waals surface area contributed by atoms with Gasteiger partial charge in [-0.15, -0.1) is 0 Å². The Kier molecular flexibility index (Phi) is 3.82. The number of rotatable bonds is 4. The quantitative estimate of drug-likeness (QED) is 0.542. The predicted molar refractivity (Wildman–Crippen MR) is 109 cm³/mol. The van der Waals surface area contributed by atoms with E-state index in [0.29, 0.717) is 5.92 Å². The molecular formula is C23H21N3O. The Balaban J connectivity index is 1.47. The molecule has 0 aliphatic carbocycles. The van der Waals surface area contributed by atoms with Crippen molar-refractivity contribution in [3.05, 3.63) is 78.0 Å². The Morgan fingerprint density at radius 2 is 2.00 bits per heavy atom. The van der Waals surface area contributed by atoms with Crippen LogP contribution in [0.4, 0.5) is 5.82 Å². The fourth-order valence-electron chi connectivity index (χ4n) is 3.91. The van der Waals surface area contributed by atoms with Crippen molar-refractivity contribution in [1.82, 2.24) is 9.97 Å². The van der Waals surface area contributed by atoms with Gasteiger partial charge < -0.3 is 15.0 Å². The van der Waals surface area contributed by atoms with E-state index in [4.69, 9.17) is 4.74 Å². The number of hydrogen-bond donors (Lipinski definition) is 2. The number of ether oxygens (including phenoxy) is 1. The van der Waals surface area contributed by atoms with Gasteiger partial charge in [0.15, 0.2) is 0 Å². The maximum atomic E-state index is 5.36. The molecule has 27 heavy (non-hydrogen) atoms. The third-order valence-corrected chi connectivity index (χ3v) is 5.33. The zero-order valence-corrected chi connectivity index (χ0v) is 15.2. The van der Waals surface area contributed by atoms with Crippen molar-refractivity contribution >= 4 is 16.7 Å². The summed E-state index contributed by atoms with van der Waals surface area (Å²) in [5.74, 6) is 2.32. The van der Waals surface area contributed by atoms with Gasteiger partial charge in [-0.1, -0.05) is 30.3 Å². The van der Waals surface area contributed by atoms with Crippen LogP contribution in [0.5, 0.6) is 5.75 Å². The van der Waals surface area contributed by atoms with Crippen molar-refractivity contribution in [2.75, 3.05) is 19.0 Å².